The van der Waals surface area contributed by atoms with Crippen LogP contribution in [0.1, 0.15) is 17.3 Å². The first-order chi connectivity index (χ1) is 10.5. The molecule has 1 amide bonds. The highest BCUT2D eigenvalue weighted by Crippen LogP contribution is 2.18. The van der Waals surface area contributed by atoms with E-state index in [1.807, 2.05) is 18.3 Å². The van der Waals surface area contributed by atoms with Gasteiger partial charge in [-0.1, -0.05) is 13.0 Å². The summed E-state index contributed by atoms with van der Waals surface area (Å²) >= 11 is 0. The second-order valence-corrected chi connectivity index (χ2v) is 5.79. The van der Waals surface area contributed by atoms with Crippen molar-refractivity contribution < 1.29 is 15.0 Å². The van der Waals surface area contributed by atoms with E-state index >= 15 is 0 Å². The molecule has 1 aromatic heterocycles. The fraction of sp³-hybridized carbons (Fsp3) is 0.375. The summed E-state index contributed by atoms with van der Waals surface area (Å²) in [6.07, 6.45) is 3.48. The maximum Gasteiger partial charge on any atom is 0.253 e. The minimum atomic E-state index is -0.718. The quantitative estimate of drug-likeness (QED) is 0.832. The first kappa shape index (κ1) is 16.2. The van der Waals surface area contributed by atoms with Crippen molar-refractivity contribution in [3.63, 3.8) is 0 Å². The van der Waals surface area contributed by atoms with Crippen molar-refractivity contribution in [3.8, 4) is 5.69 Å². The van der Waals surface area contributed by atoms with Crippen LogP contribution in [0.15, 0.2) is 42.7 Å². The van der Waals surface area contributed by atoms with Crippen molar-refractivity contribution in [2.75, 3.05) is 26.8 Å². The fourth-order valence-corrected chi connectivity index (χ4v) is 2.22. The number of benzene rings is 1. The van der Waals surface area contributed by atoms with Gasteiger partial charge in [0.05, 0.1) is 18.9 Å². The summed E-state index contributed by atoms with van der Waals surface area (Å²) in [5.74, 6) is -0.165. The van der Waals surface area contributed by atoms with Crippen molar-refractivity contribution in [3.05, 3.63) is 48.3 Å². The molecule has 0 radical (unpaired) electrons. The maximum absolute atomic E-state index is 12.5. The standard InChI is InChI=1S/C16H21N3O3/c1-16(11-20,12-21)10-18(2)15(22)13-5-3-6-14(9-13)19-8-4-7-17-19/h3-9,20-21H,10-12H2,1-2H3. The molecule has 1 aromatic carbocycles. The van der Waals surface area contributed by atoms with Crippen LogP contribution in [-0.2, 0) is 0 Å². The van der Waals surface area contributed by atoms with Crippen LogP contribution in [0.5, 0.6) is 0 Å². The Balaban J connectivity index is 2.17. The molecule has 0 aliphatic rings. The van der Waals surface area contributed by atoms with Crippen LogP contribution >= 0.6 is 0 Å². The third-order valence-electron chi connectivity index (χ3n) is 3.59. The van der Waals surface area contributed by atoms with E-state index in [0.29, 0.717) is 5.56 Å². The van der Waals surface area contributed by atoms with Crippen molar-refractivity contribution in [1.29, 1.82) is 0 Å². The lowest BCUT2D eigenvalue weighted by molar-refractivity contribution is 0.0366. The van der Waals surface area contributed by atoms with Gasteiger partial charge in [-0.05, 0) is 24.3 Å². The Morgan fingerprint density at radius 3 is 2.64 bits per heavy atom. The number of carbonyl (C=O) groups is 1. The first-order valence-corrected chi connectivity index (χ1v) is 7.06. The summed E-state index contributed by atoms with van der Waals surface area (Å²) in [5.41, 5.74) is 0.620. The van der Waals surface area contributed by atoms with E-state index in [-0.39, 0.29) is 25.7 Å². The number of hydrogen-bond acceptors (Lipinski definition) is 4. The summed E-state index contributed by atoms with van der Waals surface area (Å²) in [6.45, 7) is 1.63. The highest BCUT2D eigenvalue weighted by atomic mass is 16.3. The molecule has 2 aromatic rings. The molecule has 1 heterocycles. The smallest absolute Gasteiger partial charge is 0.253 e. The van der Waals surface area contributed by atoms with Crippen LogP contribution in [0.3, 0.4) is 0 Å². The molecule has 0 fully saturated rings. The summed E-state index contributed by atoms with van der Waals surface area (Å²) < 4.78 is 1.68. The molecule has 0 bridgehead atoms. The Bertz CT molecular complexity index is 621. The zero-order valence-corrected chi connectivity index (χ0v) is 12.8. The third kappa shape index (κ3) is 3.52. The highest BCUT2D eigenvalue weighted by molar-refractivity contribution is 5.94. The molecular weight excluding hydrogens is 282 g/mol. The average Bonchev–Trinajstić information content (AvgIpc) is 3.08. The second-order valence-electron chi connectivity index (χ2n) is 5.79. The molecule has 0 aliphatic heterocycles. The normalized spacial score (nSPS) is 11.5. The Morgan fingerprint density at radius 2 is 2.05 bits per heavy atom. The zero-order valence-electron chi connectivity index (χ0n) is 12.8. The van der Waals surface area contributed by atoms with Gasteiger partial charge in [0, 0.05) is 37.0 Å². The minimum Gasteiger partial charge on any atom is -0.396 e. The van der Waals surface area contributed by atoms with Crippen LogP contribution in [0.25, 0.3) is 5.69 Å². The van der Waals surface area contributed by atoms with Crippen molar-refractivity contribution in [1.82, 2.24) is 14.7 Å². The zero-order chi connectivity index (χ0) is 16.2. The predicted molar refractivity (Wildman–Crippen MR) is 82.8 cm³/mol. The number of rotatable bonds is 6. The van der Waals surface area contributed by atoms with E-state index < -0.39 is 5.41 Å². The van der Waals surface area contributed by atoms with Gasteiger partial charge in [-0.2, -0.15) is 5.10 Å². The van der Waals surface area contributed by atoms with Gasteiger partial charge in [0.25, 0.3) is 5.91 Å². The van der Waals surface area contributed by atoms with Gasteiger partial charge in [0.1, 0.15) is 0 Å². The summed E-state index contributed by atoms with van der Waals surface area (Å²) in [5, 5.41) is 22.8. The van der Waals surface area contributed by atoms with Crippen LogP contribution in [0, 0.1) is 5.41 Å². The molecule has 6 heteroatoms. The molecule has 0 saturated heterocycles. The first-order valence-electron chi connectivity index (χ1n) is 7.06. The van der Waals surface area contributed by atoms with Gasteiger partial charge in [-0.3, -0.25) is 4.79 Å². The van der Waals surface area contributed by atoms with Gasteiger partial charge in [0.15, 0.2) is 0 Å². The molecule has 2 N–H and O–H groups in total. The number of nitrogens with zero attached hydrogens (tertiary/aromatic N) is 3. The number of carbonyl (C=O) groups excluding carboxylic acids is 1. The van der Waals surface area contributed by atoms with E-state index in [2.05, 4.69) is 5.10 Å². The maximum atomic E-state index is 12.5. The number of hydrogen-bond donors (Lipinski definition) is 2. The summed E-state index contributed by atoms with van der Waals surface area (Å²) in [6, 6.07) is 8.99. The molecule has 118 valence electrons. The lowest BCUT2D eigenvalue weighted by Crippen LogP contribution is -2.41. The van der Waals surface area contributed by atoms with E-state index in [1.165, 1.54) is 4.90 Å². The summed E-state index contributed by atoms with van der Waals surface area (Å²) in [7, 11) is 1.66. The monoisotopic (exact) mass is 303 g/mol. The van der Waals surface area contributed by atoms with Gasteiger partial charge >= 0.3 is 0 Å². The van der Waals surface area contributed by atoms with Crippen LogP contribution in [0.4, 0.5) is 0 Å². The Kier molecular flexibility index (Phi) is 4.95. The predicted octanol–water partition coefficient (Wildman–Crippen LogP) is 0.935. The Morgan fingerprint density at radius 1 is 1.32 bits per heavy atom. The number of aliphatic hydroxyl groups excluding tert-OH is 2. The number of amides is 1. The molecule has 6 nitrogen and oxygen atoms in total. The second kappa shape index (κ2) is 6.72. The van der Waals surface area contributed by atoms with E-state index in [0.717, 1.165) is 5.69 Å². The van der Waals surface area contributed by atoms with Gasteiger partial charge in [-0.15, -0.1) is 0 Å². The van der Waals surface area contributed by atoms with Gasteiger partial charge in [0.2, 0.25) is 0 Å². The van der Waals surface area contributed by atoms with Crippen LogP contribution in [0.2, 0.25) is 0 Å². The minimum absolute atomic E-state index is 0.165. The topological polar surface area (TPSA) is 78.6 Å². The highest BCUT2D eigenvalue weighted by Gasteiger charge is 2.27. The van der Waals surface area contributed by atoms with E-state index in [4.69, 9.17) is 0 Å². The SMILES string of the molecule is CN(CC(C)(CO)CO)C(=O)c1cccc(-n2cccn2)c1. The van der Waals surface area contributed by atoms with Crippen LogP contribution in [-0.4, -0.2) is 57.6 Å². The van der Waals surface area contributed by atoms with Crippen molar-refractivity contribution in [2.24, 2.45) is 5.41 Å². The molecule has 0 spiro atoms. The average molecular weight is 303 g/mol. The summed E-state index contributed by atoms with van der Waals surface area (Å²) in [4.78, 5) is 14.0. The molecule has 22 heavy (non-hydrogen) atoms. The van der Waals surface area contributed by atoms with Gasteiger partial charge < -0.3 is 15.1 Å². The largest absolute Gasteiger partial charge is 0.396 e. The van der Waals surface area contributed by atoms with Crippen molar-refractivity contribution in [2.45, 2.75) is 6.92 Å². The molecular formula is C16H21N3O3. The number of aliphatic hydroxyl groups is 2. The molecule has 0 saturated carbocycles. The lowest BCUT2D eigenvalue weighted by atomic mass is 9.92. The Hall–Kier alpha value is -2.18. The molecule has 0 atom stereocenters. The molecule has 0 unspecified atom stereocenters. The van der Waals surface area contributed by atoms with E-state index in [1.54, 1.807) is 43.0 Å². The lowest BCUT2D eigenvalue weighted by Gasteiger charge is -2.30. The Labute approximate surface area is 129 Å². The number of aromatic nitrogens is 2. The molecule has 0 aliphatic carbocycles. The van der Waals surface area contributed by atoms with Crippen molar-refractivity contribution >= 4 is 5.91 Å². The molecule has 2 rings (SSSR count). The third-order valence-corrected chi connectivity index (χ3v) is 3.59. The van der Waals surface area contributed by atoms with E-state index in [9.17, 15) is 15.0 Å². The van der Waals surface area contributed by atoms with Crippen LogP contribution < -0.4 is 0 Å². The fourth-order valence-electron chi connectivity index (χ4n) is 2.22. The van der Waals surface area contributed by atoms with Gasteiger partial charge in [-0.25, -0.2) is 4.68 Å².